The Kier molecular flexibility index (Phi) is 6.88. The van der Waals surface area contributed by atoms with Gasteiger partial charge in [-0.3, -0.25) is 34.8 Å². The maximum atomic E-state index is 13.3. The minimum Gasteiger partial charge on any atom is -0.327 e. The second kappa shape index (κ2) is 9.44. The first-order valence-corrected chi connectivity index (χ1v) is 12.7. The standard InChI is InChI=1S/C20H34N6O3S/c1-14(27)24-11-6-4-3-5-7-12-25-19(28)15-13-21-20(30(2)29)23-18(15)26(25)17-10-8-9-16(24)22-17/h5,7,15-18,20-23H,3-4,6,8-13H2,1-2H3/b7-5-. The van der Waals surface area contributed by atoms with Crippen molar-refractivity contribution in [3.05, 3.63) is 12.2 Å². The molecule has 0 spiro atoms. The maximum absolute atomic E-state index is 13.3. The van der Waals surface area contributed by atoms with Crippen LogP contribution in [0.25, 0.3) is 0 Å². The highest BCUT2D eigenvalue weighted by molar-refractivity contribution is 7.84. The predicted octanol–water partition coefficient (Wildman–Crippen LogP) is -0.143. The fourth-order valence-electron chi connectivity index (χ4n) is 5.09. The summed E-state index contributed by atoms with van der Waals surface area (Å²) in [4.78, 5) is 27.6. The molecule has 2 bridgehead atoms. The summed E-state index contributed by atoms with van der Waals surface area (Å²) in [6.07, 6.45) is 11.3. The molecule has 0 aliphatic carbocycles. The zero-order valence-corrected chi connectivity index (χ0v) is 18.7. The lowest BCUT2D eigenvalue weighted by Gasteiger charge is -2.46. The summed E-state index contributed by atoms with van der Waals surface area (Å²) in [5, 5.41) is 14.3. The molecule has 0 aromatic heterocycles. The molecule has 6 unspecified atom stereocenters. The highest BCUT2D eigenvalue weighted by Crippen LogP contribution is 2.32. The highest BCUT2D eigenvalue weighted by Gasteiger charge is 2.52. The molecule has 30 heavy (non-hydrogen) atoms. The van der Waals surface area contributed by atoms with Gasteiger partial charge in [-0.2, -0.15) is 5.01 Å². The van der Waals surface area contributed by atoms with Gasteiger partial charge < -0.3 is 4.90 Å². The van der Waals surface area contributed by atoms with E-state index in [2.05, 4.69) is 33.1 Å². The molecule has 3 fully saturated rings. The molecule has 2 amide bonds. The van der Waals surface area contributed by atoms with Crippen molar-refractivity contribution in [2.75, 3.05) is 25.9 Å². The molecule has 3 N–H and O–H groups in total. The molecular formula is C20H34N6O3S. The second-order valence-corrected chi connectivity index (χ2v) is 10.1. The molecule has 3 saturated heterocycles. The topological polar surface area (TPSA) is 97.0 Å². The average Bonchev–Trinajstić information content (AvgIpc) is 3.00. The third kappa shape index (κ3) is 4.34. The Hall–Kier alpha value is -1.33. The van der Waals surface area contributed by atoms with Gasteiger partial charge in [0.1, 0.15) is 5.50 Å². The van der Waals surface area contributed by atoms with E-state index >= 15 is 0 Å². The molecule has 6 atom stereocenters. The van der Waals surface area contributed by atoms with Gasteiger partial charge >= 0.3 is 0 Å². The fourth-order valence-corrected chi connectivity index (χ4v) is 5.75. The first-order chi connectivity index (χ1) is 14.5. The van der Waals surface area contributed by atoms with Crippen LogP contribution in [0.4, 0.5) is 0 Å². The molecule has 4 rings (SSSR count). The van der Waals surface area contributed by atoms with Crippen LogP contribution in [-0.4, -0.2) is 80.8 Å². The van der Waals surface area contributed by atoms with E-state index in [1.807, 2.05) is 9.91 Å². The Labute approximate surface area is 181 Å². The molecule has 4 heterocycles. The number of piperidine rings is 1. The fraction of sp³-hybridized carbons (Fsp3) is 0.800. The van der Waals surface area contributed by atoms with E-state index < -0.39 is 10.8 Å². The van der Waals surface area contributed by atoms with Crippen molar-refractivity contribution in [1.29, 1.82) is 0 Å². The number of carbonyl (C=O) groups is 2. The van der Waals surface area contributed by atoms with Gasteiger partial charge in [0.25, 0.3) is 0 Å². The summed E-state index contributed by atoms with van der Waals surface area (Å²) in [6, 6.07) is 0. The van der Waals surface area contributed by atoms with Crippen LogP contribution in [0.15, 0.2) is 12.2 Å². The van der Waals surface area contributed by atoms with Gasteiger partial charge in [0.05, 0.1) is 41.8 Å². The zero-order valence-electron chi connectivity index (χ0n) is 17.9. The number of hydrogen-bond acceptors (Lipinski definition) is 7. The smallest absolute Gasteiger partial charge is 0.244 e. The Bertz CT molecular complexity index is 719. The van der Waals surface area contributed by atoms with Crippen LogP contribution in [0.1, 0.15) is 45.4 Å². The Balaban J connectivity index is 1.64. The van der Waals surface area contributed by atoms with Crippen LogP contribution < -0.4 is 16.0 Å². The van der Waals surface area contributed by atoms with Crippen molar-refractivity contribution in [3.8, 4) is 0 Å². The first-order valence-electron chi connectivity index (χ1n) is 11.1. The van der Waals surface area contributed by atoms with Gasteiger partial charge in [0.2, 0.25) is 11.8 Å². The minimum absolute atomic E-state index is 0.0243. The lowest BCUT2D eigenvalue weighted by molar-refractivity contribution is -0.148. The number of amides is 2. The monoisotopic (exact) mass is 438 g/mol. The molecule has 4 aliphatic heterocycles. The van der Waals surface area contributed by atoms with E-state index in [1.165, 1.54) is 0 Å². The van der Waals surface area contributed by atoms with Gasteiger partial charge in [0.15, 0.2) is 0 Å². The molecule has 4 aliphatic rings. The minimum atomic E-state index is -1.09. The van der Waals surface area contributed by atoms with Crippen LogP contribution >= 0.6 is 0 Å². The van der Waals surface area contributed by atoms with Crippen LogP contribution in [-0.2, 0) is 20.4 Å². The summed E-state index contributed by atoms with van der Waals surface area (Å²) in [7, 11) is -1.09. The summed E-state index contributed by atoms with van der Waals surface area (Å²) >= 11 is 0. The van der Waals surface area contributed by atoms with Gasteiger partial charge in [-0.15, -0.1) is 0 Å². The van der Waals surface area contributed by atoms with Crippen LogP contribution in [0.2, 0.25) is 0 Å². The number of nitrogens with one attached hydrogen (secondary N) is 3. The Morgan fingerprint density at radius 1 is 1.13 bits per heavy atom. The number of hydrogen-bond donors (Lipinski definition) is 3. The molecule has 0 aromatic rings. The Morgan fingerprint density at radius 2 is 1.93 bits per heavy atom. The number of hydrazine groups is 1. The molecule has 0 saturated carbocycles. The van der Waals surface area contributed by atoms with Gasteiger partial charge in [-0.1, -0.05) is 12.2 Å². The zero-order chi connectivity index (χ0) is 21.3. The lowest BCUT2D eigenvalue weighted by atomic mass is 10.0. The lowest BCUT2D eigenvalue weighted by Crippen LogP contribution is -2.68. The van der Waals surface area contributed by atoms with E-state index in [-0.39, 0.29) is 41.7 Å². The largest absolute Gasteiger partial charge is 0.327 e. The van der Waals surface area contributed by atoms with E-state index in [9.17, 15) is 13.8 Å². The first kappa shape index (κ1) is 21.9. The van der Waals surface area contributed by atoms with Crippen LogP contribution in [0.5, 0.6) is 0 Å². The molecule has 0 aromatic carbocycles. The van der Waals surface area contributed by atoms with Gasteiger partial charge in [0, 0.05) is 26.3 Å². The van der Waals surface area contributed by atoms with E-state index in [0.717, 1.165) is 45.1 Å². The van der Waals surface area contributed by atoms with E-state index in [4.69, 9.17) is 0 Å². The quantitative estimate of drug-likeness (QED) is 0.490. The van der Waals surface area contributed by atoms with Crippen molar-refractivity contribution >= 4 is 22.6 Å². The second-order valence-electron chi connectivity index (χ2n) is 8.61. The average molecular weight is 439 g/mol. The molecule has 168 valence electrons. The third-order valence-electron chi connectivity index (χ3n) is 6.60. The summed E-state index contributed by atoms with van der Waals surface area (Å²) < 4.78 is 12.1. The number of fused-ring (bicyclic) bond motifs is 6. The van der Waals surface area contributed by atoms with Crippen LogP contribution in [0, 0.1) is 5.92 Å². The molecular weight excluding hydrogens is 404 g/mol. The summed E-state index contributed by atoms with van der Waals surface area (Å²) in [5.41, 5.74) is -0.341. The number of nitrogens with zero attached hydrogens (tertiary/aromatic N) is 3. The maximum Gasteiger partial charge on any atom is 0.244 e. The summed E-state index contributed by atoms with van der Waals surface area (Å²) in [5.74, 6) is -0.0448. The molecule has 0 radical (unpaired) electrons. The van der Waals surface area contributed by atoms with E-state index in [0.29, 0.717) is 13.1 Å². The van der Waals surface area contributed by atoms with Crippen molar-refractivity contribution in [2.24, 2.45) is 5.92 Å². The normalized spacial score (nSPS) is 37.9. The Morgan fingerprint density at radius 3 is 2.70 bits per heavy atom. The summed E-state index contributed by atoms with van der Waals surface area (Å²) in [6.45, 7) is 3.43. The number of carbonyl (C=O) groups excluding carboxylic acids is 2. The van der Waals surface area contributed by atoms with E-state index in [1.54, 1.807) is 13.2 Å². The van der Waals surface area contributed by atoms with Crippen molar-refractivity contribution in [3.63, 3.8) is 0 Å². The number of allylic oxidation sites excluding steroid dienone is 1. The molecule has 9 nitrogen and oxygen atoms in total. The van der Waals surface area contributed by atoms with Crippen molar-refractivity contribution in [2.45, 2.75) is 69.4 Å². The SMILES string of the molecule is CC(=O)N1CCCC/C=C\CN2C(=O)C3CNC(S(C)=O)NC3N2C2CCCC1N2. The highest BCUT2D eigenvalue weighted by atomic mass is 32.2. The van der Waals surface area contributed by atoms with Gasteiger partial charge in [-0.05, 0) is 38.5 Å². The number of rotatable bonds is 1. The third-order valence-corrected chi connectivity index (χ3v) is 7.57. The van der Waals surface area contributed by atoms with Crippen molar-refractivity contribution < 1.29 is 13.8 Å². The van der Waals surface area contributed by atoms with Gasteiger partial charge in [-0.25, -0.2) is 0 Å². The predicted molar refractivity (Wildman–Crippen MR) is 115 cm³/mol. The molecule has 10 heteroatoms. The van der Waals surface area contributed by atoms with Crippen molar-refractivity contribution in [1.82, 2.24) is 30.9 Å². The van der Waals surface area contributed by atoms with Crippen LogP contribution in [0.3, 0.4) is 0 Å².